The zero-order chi connectivity index (χ0) is 18.5. The van der Waals surface area contributed by atoms with Gasteiger partial charge in [0.05, 0.1) is 10.6 Å². The van der Waals surface area contributed by atoms with Crippen LogP contribution in [-0.4, -0.2) is 21.5 Å². The molecule has 0 atom stereocenters. The van der Waals surface area contributed by atoms with Crippen LogP contribution in [0.2, 0.25) is 0 Å². The summed E-state index contributed by atoms with van der Waals surface area (Å²) >= 11 is 1.71. The van der Waals surface area contributed by atoms with Gasteiger partial charge in [0.1, 0.15) is 0 Å². The van der Waals surface area contributed by atoms with E-state index in [9.17, 15) is 0 Å². The predicted molar refractivity (Wildman–Crippen MR) is 113 cm³/mol. The van der Waals surface area contributed by atoms with Gasteiger partial charge in [-0.1, -0.05) is 32.3 Å². The number of nitrogens with one attached hydrogen (secondary N) is 1. The van der Waals surface area contributed by atoms with E-state index in [1.54, 1.807) is 11.3 Å². The Morgan fingerprint density at radius 1 is 1.07 bits per heavy atom. The van der Waals surface area contributed by atoms with E-state index in [0.717, 1.165) is 46.0 Å². The number of rotatable bonds is 6. The maximum atomic E-state index is 4.87. The molecule has 0 unspecified atom stereocenters. The van der Waals surface area contributed by atoms with Crippen molar-refractivity contribution in [2.24, 2.45) is 11.8 Å². The van der Waals surface area contributed by atoms with Gasteiger partial charge in [0.25, 0.3) is 0 Å². The standard InChI is InChI=1S/C22H26N4S/c1-2-16-5-7-17(8-6-16)14-24-22-25-15-19(18-9-11-23-12-10-18)21(26-22)20-4-3-13-27-20/h3-4,9-13,15-17H,2,5-8,14H2,1H3,(H,24,25,26). The van der Waals surface area contributed by atoms with Crippen LogP contribution in [0.15, 0.2) is 48.2 Å². The molecular weight excluding hydrogens is 352 g/mol. The van der Waals surface area contributed by atoms with E-state index in [1.165, 1.54) is 32.1 Å². The molecule has 5 heteroatoms. The number of thiophene rings is 1. The molecule has 0 aliphatic heterocycles. The molecule has 27 heavy (non-hydrogen) atoms. The van der Waals surface area contributed by atoms with Crippen LogP contribution >= 0.6 is 11.3 Å². The molecule has 3 aromatic rings. The first-order chi connectivity index (χ1) is 13.3. The van der Waals surface area contributed by atoms with E-state index >= 15 is 0 Å². The molecule has 3 aromatic heterocycles. The van der Waals surface area contributed by atoms with E-state index in [0.29, 0.717) is 0 Å². The van der Waals surface area contributed by atoms with Gasteiger partial charge in [-0.15, -0.1) is 11.3 Å². The number of aromatic nitrogens is 3. The van der Waals surface area contributed by atoms with Crippen molar-refractivity contribution in [3.05, 3.63) is 48.2 Å². The normalized spacial score (nSPS) is 19.7. The zero-order valence-corrected chi connectivity index (χ0v) is 16.6. The number of anilines is 1. The molecule has 4 nitrogen and oxygen atoms in total. The van der Waals surface area contributed by atoms with Crippen LogP contribution in [0.3, 0.4) is 0 Å². The second-order valence-electron chi connectivity index (χ2n) is 7.34. The van der Waals surface area contributed by atoms with Crippen molar-refractivity contribution < 1.29 is 0 Å². The lowest BCUT2D eigenvalue weighted by Gasteiger charge is -2.27. The van der Waals surface area contributed by atoms with Crippen molar-refractivity contribution >= 4 is 17.3 Å². The molecule has 3 heterocycles. The minimum Gasteiger partial charge on any atom is -0.354 e. The highest BCUT2D eigenvalue weighted by Gasteiger charge is 2.20. The van der Waals surface area contributed by atoms with Gasteiger partial charge in [0.2, 0.25) is 5.95 Å². The fourth-order valence-electron chi connectivity index (χ4n) is 3.89. The Kier molecular flexibility index (Phi) is 5.78. The van der Waals surface area contributed by atoms with Crippen LogP contribution in [0.1, 0.15) is 39.0 Å². The quantitative estimate of drug-likeness (QED) is 0.580. The Balaban J connectivity index is 1.52. The van der Waals surface area contributed by atoms with Gasteiger partial charge in [0.15, 0.2) is 0 Å². The molecule has 1 aliphatic rings. The highest BCUT2D eigenvalue weighted by molar-refractivity contribution is 7.13. The van der Waals surface area contributed by atoms with Gasteiger partial charge in [-0.3, -0.25) is 4.98 Å². The van der Waals surface area contributed by atoms with Crippen LogP contribution in [0.4, 0.5) is 5.95 Å². The topological polar surface area (TPSA) is 50.7 Å². The molecule has 0 spiro atoms. The third-order valence-electron chi connectivity index (χ3n) is 5.63. The average molecular weight is 379 g/mol. The molecule has 0 bridgehead atoms. The summed E-state index contributed by atoms with van der Waals surface area (Å²) in [7, 11) is 0. The monoisotopic (exact) mass is 378 g/mol. The zero-order valence-electron chi connectivity index (χ0n) is 15.8. The van der Waals surface area contributed by atoms with Crippen molar-refractivity contribution in [2.75, 3.05) is 11.9 Å². The summed E-state index contributed by atoms with van der Waals surface area (Å²) in [5, 5.41) is 5.59. The Hall–Kier alpha value is -2.27. The molecule has 1 fully saturated rings. The Morgan fingerprint density at radius 3 is 2.56 bits per heavy atom. The number of hydrogen-bond acceptors (Lipinski definition) is 5. The molecular formula is C22H26N4S. The third kappa shape index (κ3) is 4.35. The minimum absolute atomic E-state index is 0.730. The first kappa shape index (κ1) is 18.1. The first-order valence-electron chi connectivity index (χ1n) is 9.88. The summed E-state index contributed by atoms with van der Waals surface area (Å²) in [5.74, 6) is 2.40. The van der Waals surface area contributed by atoms with Gasteiger partial charge >= 0.3 is 0 Å². The summed E-state index contributed by atoms with van der Waals surface area (Å²) in [5.41, 5.74) is 3.13. The molecule has 140 valence electrons. The van der Waals surface area contributed by atoms with Crippen molar-refractivity contribution in [1.29, 1.82) is 0 Å². The Labute approximate surface area is 165 Å². The maximum absolute atomic E-state index is 4.87. The number of pyridine rings is 1. The minimum atomic E-state index is 0.730. The lowest BCUT2D eigenvalue weighted by molar-refractivity contribution is 0.278. The average Bonchev–Trinajstić information content (AvgIpc) is 3.28. The van der Waals surface area contributed by atoms with E-state index in [-0.39, 0.29) is 0 Å². The second kappa shape index (κ2) is 8.61. The van der Waals surface area contributed by atoms with Crippen LogP contribution in [0, 0.1) is 11.8 Å². The molecule has 0 saturated heterocycles. The lowest BCUT2D eigenvalue weighted by atomic mass is 9.81. The number of nitrogens with zero attached hydrogens (tertiary/aromatic N) is 3. The summed E-state index contributed by atoms with van der Waals surface area (Å²) in [4.78, 5) is 14.8. The lowest BCUT2D eigenvalue weighted by Crippen LogP contribution is -2.21. The predicted octanol–water partition coefficient (Wildman–Crippen LogP) is 5.90. The largest absolute Gasteiger partial charge is 0.354 e. The van der Waals surface area contributed by atoms with Crippen molar-refractivity contribution in [2.45, 2.75) is 39.0 Å². The summed E-state index contributed by atoms with van der Waals surface area (Å²) in [6, 6.07) is 8.20. The van der Waals surface area contributed by atoms with E-state index in [4.69, 9.17) is 4.98 Å². The number of hydrogen-bond donors (Lipinski definition) is 1. The van der Waals surface area contributed by atoms with Crippen molar-refractivity contribution in [1.82, 2.24) is 15.0 Å². The van der Waals surface area contributed by atoms with Crippen molar-refractivity contribution in [3.8, 4) is 21.7 Å². The highest BCUT2D eigenvalue weighted by Crippen LogP contribution is 2.34. The Morgan fingerprint density at radius 2 is 1.85 bits per heavy atom. The van der Waals surface area contributed by atoms with Crippen LogP contribution in [0.25, 0.3) is 21.7 Å². The van der Waals surface area contributed by atoms with Crippen molar-refractivity contribution in [3.63, 3.8) is 0 Å². The molecule has 0 aromatic carbocycles. The fraction of sp³-hybridized carbons (Fsp3) is 0.409. The van der Waals surface area contributed by atoms with Gasteiger partial charge in [-0.2, -0.15) is 0 Å². The second-order valence-corrected chi connectivity index (χ2v) is 8.29. The third-order valence-corrected chi connectivity index (χ3v) is 6.50. The molecule has 4 rings (SSSR count). The molecule has 1 saturated carbocycles. The summed E-state index contributed by atoms with van der Waals surface area (Å²) in [6.45, 7) is 3.28. The Bertz CT molecular complexity index is 840. The van der Waals surface area contributed by atoms with Gasteiger partial charge in [-0.05, 0) is 53.8 Å². The van der Waals surface area contributed by atoms with Crippen LogP contribution in [0.5, 0.6) is 0 Å². The van der Waals surface area contributed by atoms with Gasteiger partial charge in [-0.25, -0.2) is 9.97 Å². The molecule has 0 amide bonds. The smallest absolute Gasteiger partial charge is 0.223 e. The summed E-state index contributed by atoms with van der Waals surface area (Å²) in [6.07, 6.45) is 12.3. The highest BCUT2D eigenvalue weighted by atomic mass is 32.1. The molecule has 1 N–H and O–H groups in total. The van der Waals surface area contributed by atoms with E-state index in [2.05, 4.69) is 39.7 Å². The van der Waals surface area contributed by atoms with Gasteiger partial charge in [0, 0.05) is 30.7 Å². The van der Waals surface area contributed by atoms with Gasteiger partial charge < -0.3 is 5.32 Å². The molecule has 1 aliphatic carbocycles. The summed E-state index contributed by atoms with van der Waals surface area (Å²) < 4.78 is 0. The SMILES string of the molecule is CCC1CCC(CNc2ncc(-c3ccncc3)c(-c3cccs3)n2)CC1. The van der Waals surface area contributed by atoms with Crippen LogP contribution < -0.4 is 5.32 Å². The first-order valence-corrected chi connectivity index (χ1v) is 10.8. The fourth-order valence-corrected chi connectivity index (χ4v) is 4.62. The van der Waals surface area contributed by atoms with Crippen LogP contribution in [-0.2, 0) is 0 Å². The molecule has 0 radical (unpaired) electrons. The van der Waals surface area contributed by atoms with E-state index < -0.39 is 0 Å². The maximum Gasteiger partial charge on any atom is 0.223 e. The van der Waals surface area contributed by atoms with E-state index in [1.807, 2.05) is 30.7 Å².